The summed E-state index contributed by atoms with van der Waals surface area (Å²) in [5.41, 5.74) is 6.60. The van der Waals surface area contributed by atoms with E-state index in [4.69, 9.17) is 10.5 Å². The van der Waals surface area contributed by atoms with E-state index in [1.807, 2.05) is 24.3 Å². The molecule has 0 aliphatic carbocycles. The third-order valence-electron chi connectivity index (χ3n) is 3.39. The molecule has 92 valence electrons. The second-order valence-corrected chi connectivity index (χ2v) is 4.38. The van der Waals surface area contributed by atoms with Crippen molar-refractivity contribution in [1.82, 2.24) is 5.32 Å². The van der Waals surface area contributed by atoms with Gasteiger partial charge in [-0.3, -0.25) is 4.79 Å². The summed E-state index contributed by atoms with van der Waals surface area (Å²) in [6.07, 6.45) is 0.812. The van der Waals surface area contributed by atoms with Crippen molar-refractivity contribution >= 4 is 5.91 Å². The van der Waals surface area contributed by atoms with Gasteiger partial charge < -0.3 is 15.8 Å². The van der Waals surface area contributed by atoms with Gasteiger partial charge in [0.15, 0.2) is 0 Å². The summed E-state index contributed by atoms with van der Waals surface area (Å²) in [5.74, 6) is 0.734. The predicted octanol–water partition coefficient (Wildman–Crippen LogP) is 0.874. The minimum absolute atomic E-state index is 0.0651. The molecule has 1 aliphatic rings. The molecular weight excluding hydrogens is 216 g/mol. The van der Waals surface area contributed by atoms with Gasteiger partial charge >= 0.3 is 0 Å². The quantitative estimate of drug-likeness (QED) is 0.815. The van der Waals surface area contributed by atoms with Crippen molar-refractivity contribution in [3.63, 3.8) is 0 Å². The Bertz CT molecular complexity index is 389. The van der Waals surface area contributed by atoms with Crippen molar-refractivity contribution in [1.29, 1.82) is 0 Å². The molecule has 0 radical (unpaired) electrons. The molecule has 2 atom stereocenters. The number of amides is 1. The Morgan fingerprint density at radius 3 is 2.71 bits per heavy atom. The van der Waals surface area contributed by atoms with Gasteiger partial charge in [-0.15, -0.1) is 0 Å². The van der Waals surface area contributed by atoms with Crippen LogP contribution < -0.4 is 15.8 Å². The zero-order chi connectivity index (χ0) is 12.3. The summed E-state index contributed by atoms with van der Waals surface area (Å²) in [5, 5.41) is 3.31. The van der Waals surface area contributed by atoms with Gasteiger partial charge in [-0.05, 0) is 30.7 Å². The summed E-state index contributed by atoms with van der Waals surface area (Å²) in [6, 6.07) is 7.85. The molecule has 1 fully saturated rings. The zero-order valence-electron chi connectivity index (χ0n) is 9.98. The molecular formula is C13H18N2O2. The minimum Gasteiger partial charge on any atom is -0.497 e. The average Bonchev–Trinajstić information content (AvgIpc) is 2.39. The number of primary amides is 1. The number of nitrogens with two attached hydrogens (primary N) is 1. The number of nitrogens with one attached hydrogen (secondary N) is 1. The number of carbonyl (C=O) groups is 1. The first-order valence-corrected chi connectivity index (χ1v) is 5.86. The number of piperidine rings is 1. The summed E-state index contributed by atoms with van der Waals surface area (Å²) in [7, 11) is 1.64. The minimum atomic E-state index is -0.202. The highest BCUT2D eigenvalue weighted by atomic mass is 16.5. The summed E-state index contributed by atoms with van der Waals surface area (Å²) < 4.78 is 5.12. The molecule has 0 spiro atoms. The van der Waals surface area contributed by atoms with Gasteiger partial charge in [-0.25, -0.2) is 0 Å². The normalized spacial score (nSPS) is 24.3. The van der Waals surface area contributed by atoms with Crippen molar-refractivity contribution in [2.75, 3.05) is 20.2 Å². The zero-order valence-corrected chi connectivity index (χ0v) is 9.98. The van der Waals surface area contributed by atoms with Crippen LogP contribution in [0.25, 0.3) is 0 Å². The first-order valence-electron chi connectivity index (χ1n) is 5.86. The lowest BCUT2D eigenvalue weighted by atomic mass is 9.81. The smallest absolute Gasteiger partial charge is 0.221 e. The van der Waals surface area contributed by atoms with E-state index in [-0.39, 0.29) is 17.7 Å². The Balaban J connectivity index is 2.20. The van der Waals surface area contributed by atoms with Gasteiger partial charge in [0.25, 0.3) is 0 Å². The maximum absolute atomic E-state index is 11.4. The molecule has 1 aromatic rings. The maximum Gasteiger partial charge on any atom is 0.221 e. The standard InChI is InChI=1S/C13H18N2O2/c1-17-10-4-2-9(3-5-10)12-8-15-7-6-11(12)13(14)16/h2-5,11-12,15H,6-8H2,1H3,(H2,14,16). The molecule has 1 heterocycles. The number of hydrogen-bond acceptors (Lipinski definition) is 3. The number of benzene rings is 1. The third kappa shape index (κ3) is 2.58. The van der Waals surface area contributed by atoms with Gasteiger partial charge in [0, 0.05) is 18.4 Å². The second-order valence-electron chi connectivity index (χ2n) is 4.38. The van der Waals surface area contributed by atoms with Crippen molar-refractivity contribution in [2.45, 2.75) is 12.3 Å². The van der Waals surface area contributed by atoms with Gasteiger partial charge in [-0.1, -0.05) is 12.1 Å². The summed E-state index contributed by atoms with van der Waals surface area (Å²) in [6.45, 7) is 1.67. The van der Waals surface area contributed by atoms with Crippen LogP contribution in [0.4, 0.5) is 0 Å². The molecule has 1 saturated heterocycles. The summed E-state index contributed by atoms with van der Waals surface area (Å²) in [4.78, 5) is 11.4. The Kier molecular flexibility index (Phi) is 3.64. The molecule has 3 N–H and O–H groups in total. The Hall–Kier alpha value is -1.55. The molecule has 17 heavy (non-hydrogen) atoms. The highest BCUT2D eigenvalue weighted by molar-refractivity contribution is 5.78. The monoisotopic (exact) mass is 234 g/mol. The van der Waals surface area contributed by atoms with Crippen LogP contribution in [0.1, 0.15) is 17.9 Å². The lowest BCUT2D eigenvalue weighted by molar-refractivity contribution is -0.123. The van der Waals surface area contributed by atoms with Gasteiger partial charge in [0.1, 0.15) is 5.75 Å². The largest absolute Gasteiger partial charge is 0.497 e. The molecule has 4 heteroatoms. The van der Waals surface area contributed by atoms with E-state index < -0.39 is 0 Å². The lowest BCUT2D eigenvalue weighted by Crippen LogP contribution is -2.41. The van der Waals surface area contributed by atoms with Crippen LogP contribution in [0.2, 0.25) is 0 Å². The molecule has 2 unspecified atom stereocenters. The Morgan fingerprint density at radius 2 is 2.12 bits per heavy atom. The Labute approximate surface area is 101 Å². The van der Waals surface area contributed by atoms with E-state index >= 15 is 0 Å². The van der Waals surface area contributed by atoms with Gasteiger partial charge in [0.05, 0.1) is 7.11 Å². The number of hydrogen-bond donors (Lipinski definition) is 2. The van der Waals surface area contributed by atoms with Crippen molar-refractivity contribution in [3.8, 4) is 5.75 Å². The molecule has 0 aromatic heterocycles. The van der Waals surface area contributed by atoms with Crippen LogP contribution in [0.3, 0.4) is 0 Å². The average molecular weight is 234 g/mol. The molecule has 0 bridgehead atoms. The van der Waals surface area contributed by atoms with Crippen molar-refractivity contribution < 1.29 is 9.53 Å². The summed E-state index contributed by atoms with van der Waals surface area (Å²) >= 11 is 0. The van der Waals surface area contributed by atoms with Crippen LogP contribution in [-0.4, -0.2) is 26.1 Å². The van der Waals surface area contributed by atoms with Crippen molar-refractivity contribution in [2.24, 2.45) is 11.7 Å². The number of ether oxygens (including phenoxy) is 1. The first-order chi connectivity index (χ1) is 8.22. The van der Waals surface area contributed by atoms with Gasteiger partial charge in [-0.2, -0.15) is 0 Å². The van der Waals surface area contributed by atoms with Crippen LogP contribution in [0.15, 0.2) is 24.3 Å². The first kappa shape index (κ1) is 11.9. The van der Waals surface area contributed by atoms with Crippen LogP contribution in [0, 0.1) is 5.92 Å². The van der Waals surface area contributed by atoms with E-state index in [0.717, 1.165) is 30.8 Å². The molecule has 1 aromatic carbocycles. The lowest BCUT2D eigenvalue weighted by Gasteiger charge is -2.30. The van der Waals surface area contributed by atoms with Crippen LogP contribution in [-0.2, 0) is 4.79 Å². The molecule has 1 amide bonds. The van der Waals surface area contributed by atoms with E-state index in [0.29, 0.717) is 0 Å². The van der Waals surface area contributed by atoms with Crippen molar-refractivity contribution in [3.05, 3.63) is 29.8 Å². The SMILES string of the molecule is COc1ccc(C2CNCCC2C(N)=O)cc1. The fraction of sp³-hybridized carbons (Fsp3) is 0.462. The molecule has 1 aliphatic heterocycles. The fourth-order valence-corrected chi connectivity index (χ4v) is 2.40. The van der Waals surface area contributed by atoms with E-state index in [1.54, 1.807) is 7.11 Å². The predicted molar refractivity (Wildman–Crippen MR) is 65.9 cm³/mol. The Morgan fingerprint density at radius 1 is 1.41 bits per heavy atom. The van der Waals surface area contributed by atoms with E-state index in [9.17, 15) is 4.79 Å². The third-order valence-corrected chi connectivity index (χ3v) is 3.39. The molecule has 2 rings (SSSR count). The van der Waals surface area contributed by atoms with Crippen LogP contribution >= 0.6 is 0 Å². The maximum atomic E-state index is 11.4. The number of carbonyl (C=O) groups excluding carboxylic acids is 1. The topological polar surface area (TPSA) is 64.3 Å². The fourth-order valence-electron chi connectivity index (χ4n) is 2.40. The highest BCUT2D eigenvalue weighted by Crippen LogP contribution is 2.30. The van der Waals surface area contributed by atoms with Crippen LogP contribution in [0.5, 0.6) is 5.75 Å². The van der Waals surface area contributed by atoms with E-state index in [2.05, 4.69) is 5.32 Å². The number of methoxy groups -OCH3 is 1. The molecule has 4 nitrogen and oxygen atoms in total. The molecule has 0 saturated carbocycles. The number of rotatable bonds is 3. The second kappa shape index (κ2) is 5.19. The van der Waals surface area contributed by atoms with Gasteiger partial charge in [0.2, 0.25) is 5.91 Å². The highest BCUT2D eigenvalue weighted by Gasteiger charge is 2.30. The van der Waals surface area contributed by atoms with E-state index in [1.165, 1.54) is 0 Å².